The van der Waals surface area contributed by atoms with Gasteiger partial charge in [0.15, 0.2) is 11.0 Å². The summed E-state index contributed by atoms with van der Waals surface area (Å²) in [7, 11) is 1.88. The predicted molar refractivity (Wildman–Crippen MR) is 102 cm³/mol. The summed E-state index contributed by atoms with van der Waals surface area (Å²) in [6.07, 6.45) is 3.45. The first-order chi connectivity index (χ1) is 12.0. The Morgan fingerprint density at radius 3 is 2.68 bits per heavy atom. The van der Waals surface area contributed by atoms with E-state index in [1.165, 1.54) is 11.8 Å². The van der Waals surface area contributed by atoms with Gasteiger partial charge in [-0.3, -0.25) is 9.78 Å². The number of carbonyl (C=O) groups is 1. The van der Waals surface area contributed by atoms with E-state index in [1.54, 1.807) is 12.4 Å². The van der Waals surface area contributed by atoms with Crippen molar-refractivity contribution in [3.63, 3.8) is 0 Å². The molecule has 128 valence electrons. The Morgan fingerprint density at radius 2 is 2.00 bits per heavy atom. The van der Waals surface area contributed by atoms with Crippen LogP contribution in [0.3, 0.4) is 0 Å². The first-order valence-electron chi connectivity index (χ1n) is 7.57. The number of thioether (sulfide) groups is 1. The largest absolute Gasteiger partial charge is 0.325 e. The summed E-state index contributed by atoms with van der Waals surface area (Å²) in [4.78, 5) is 16.5. The molecule has 1 amide bonds. The lowest BCUT2D eigenvalue weighted by Crippen LogP contribution is -2.22. The molecule has 8 heteroatoms. The number of anilines is 1. The molecular weight excluding hydrogens is 402 g/mol. The second-order valence-corrected chi connectivity index (χ2v) is 7.59. The lowest BCUT2D eigenvalue weighted by molar-refractivity contribution is -0.115. The minimum atomic E-state index is -0.312. The number of nitrogens with zero attached hydrogens (tertiary/aromatic N) is 4. The SMILES string of the molecule is CC(Sc1nnc(-c2cccnc2)n1C)C(=O)Nc1ccc(Br)cc1. The number of aromatic nitrogens is 4. The van der Waals surface area contributed by atoms with Crippen LogP contribution in [0.5, 0.6) is 0 Å². The Labute approximate surface area is 158 Å². The number of hydrogen-bond donors (Lipinski definition) is 1. The summed E-state index contributed by atoms with van der Waals surface area (Å²) >= 11 is 4.74. The van der Waals surface area contributed by atoms with Gasteiger partial charge < -0.3 is 9.88 Å². The highest BCUT2D eigenvalue weighted by Crippen LogP contribution is 2.26. The summed E-state index contributed by atoms with van der Waals surface area (Å²) in [6, 6.07) is 11.2. The molecule has 1 N–H and O–H groups in total. The Morgan fingerprint density at radius 1 is 1.24 bits per heavy atom. The highest BCUT2D eigenvalue weighted by atomic mass is 79.9. The van der Waals surface area contributed by atoms with Crippen LogP contribution in [0.15, 0.2) is 58.4 Å². The quantitative estimate of drug-likeness (QED) is 0.639. The topological polar surface area (TPSA) is 72.7 Å². The predicted octanol–water partition coefficient (Wildman–Crippen LogP) is 3.76. The zero-order valence-electron chi connectivity index (χ0n) is 13.7. The molecule has 0 aliphatic carbocycles. The first-order valence-corrected chi connectivity index (χ1v) is 9.25. The maximum Gasteiger partial charge on any atom is 0.237 e. The Hall–Kier alpha value is -2.19. The summed E-state index contributed by atoms with van der Waals surface area (Å²) in [6.45, 7) is 1.84. The fourth-order valence-electron chi connectivity index (χ4n) is 2.15. The van der Waals surface area contributed by atoms with Crippen LogP contribution in [0.1, 0.15) is 6.92 Å². The second-order valence-electron chi connectivity index (χ2n) is 5.36. The molecule has 0 spiro atoms. The Balaban J connectivity index is 1.68. The number of pyridine rings is 1. The molecule has 0 aliphatic rings. The van der Waals surface area contributed by atoms with Crippen molar-refractivity contribution >= 4 is 39.3 Å². The highest BCUT2D eigenvalue weighted by Gasteiger charge is 2.19. The van der Waals surface area contributed by atoms with Gasteiger partial charge in [0.2, 0.25) is 5.91 Å². The minimum Gasteiger partial charge on any atom is -0.325 e. The molecule has 0 radical (unpaired) electrons. The van der Waals surface area contributed by atoms with Crippen molar-refractivity contribution in [1.82, 2.24) is 19.7 Å². The zero-order chi connectivity index (χ0) is 17.8. The molecule has 25 heavy (non-hydrogen) atoms. The Kier molecular flexibility index (Phi) is 5.50. The van der Waals surface area contributed by atoms with E-state index in [2.05, 4.69) is 36.4 Å². The van der Waals surface area contributed by atoms with E-state index < -0.39 is 0 Å². The summed E-state index contributed by atoms with van der Waals surface area (Å²) in [5.74, 6) is 0.634. The van der Waals surface area contributed by atoms with Gasteiger partial charge in [0, 0.05) is 35.2 Å². The van der Waals surface area contributed by atoms with Crippen molar-refractivity contribution in [3.8, 4) is 11.4 Å². The smallest absolute Gasteiger partial charge is 0.237 e. The number of rotatable bonds is 5. The number of halogens is 1. The maximum absolute atomic E-state index is 12.4. The van der Waals surface area contributed by atoms with Crippen molar-refractivity contribution in [2.45, 2.75) is 17.3 Å². The molecule has 6 nitrogen and oxygen atoms in total. The zero-order valence-corrected chi connectivity index (χ0v) is 16.1. The lowest BCUT2D eigenvalue weighted by atomic mass is 10.3. The van der Waals surface area contributed by atoms with Gasteiger partial charge in [0.1, 0.15) is 0 Å². The molecule has 0 bridgehead atoms. The Bertz CT molecular complexity index is 867. The van der Waals surface area contributed by atoms with Crippen LogP contribution < -0.4 is 5.32 Å². The maximum atomic E-state index is 12.4. The van der Waals surface area contributed by atoms with E-state index in [1.807, 2.05) is 54.9 Å². The monoisotopic (exact) mass is 417 g/mol. The van der Waals surface area contributed by atoms with Gasteiger partial charge in [-0.1, -0.05) is 27.7 Å². The fourth-order valence-corrected chi connectivity index (χ4v) is 3.23. The van der Waals surface area contributed by atoms with Crippen LogP contribution in [0, 0.1) is 0 Å². The molecule has 0 fully saturated rings. The van der Waals surface area contributed by atoms with Crippen molar-refractivity contribution in [3.05, 3.63) is 53.3 Å². The van der Waals surface area contributed by atoms with Gasteiger partial charge in [-0.25, -0.2) is 0 Å². The third-order valence-corrected chi connectivity index (χ3v) is 5.18. The molecule has 1 unspecified atom stereocenters. The molecule has 1 atom stereocenters. The van der Waals surface area contributed by atoms with Crippen LogP contribution in [0.2, 0.25) is 0 Å². The van der Waals surface area contributed by atoms with E-state index in [-0.39, 0.29) is 11.2 Å². The van der Waals surface area contributed by atoms with Gasteiger partial charge in [-0.15, -0.1) is 10.2 Å². The molecular formula is C17H16BrN5OS. The van der Waals surface area contributed by atoms with Gasteiger partial charge >= 0.3 is 0 Å². The van der Waals surface area contributed by atoms with Gasteiger partial charge in [-0.05, 0) is 43.3 Å². The van der Waals surface area contributed by atoms with E-state index in [0.717, 1.165) is 21.5 Å². The summed E-state index contributed by atoms with van der Waals surface area (Å²) in [5.41, 5.74) is 1.64. The van der Waals surface area contributed by atoms with Crippen LogP contribution in [-0.4, -0.2) is 30.9 Å². The molecule has 0 saturated carbocycles. The van der Waals surface area contributed by atoms with E-state index in [9.17, 15) is 4.79 Å². The summed E-state index contributed by atoms with van der Waals surface area (Å²) in [5, 5.41) is 11.7. The van der Waals surface area contributed by atoms with E-state index in [4.69, 9.17) is 0 Å². The molecule has 2 aromatic heterocycles. The average molecular weight is 418 g/mol. The fraction of sp³-hybridized carbons (Fsp3) is 0.176. The highest BCUT2D eigenvalue weighted by molar-refractivity contribution is 9.10. The molecule has 3 aromatic rings. The van der Waals surface area contributed by atoms with Crippen molar-refractivity contribution in [1.29, 1.82) is 0 Å². The van der Waals surface area contributed by atoms with Crippen LogP contribution in [-0.2, 0) is 11.8 Å². The summed E-state index contributed by atoms with van der Waals surface area (Å²) < 4.78 is 2.83. The molecule has 1 aromatic carbocycles. The van der Waals surface area contributed by atoms with Gasteiger partial charge in [-0.2, -0.15) is 0 Å². The second kappa shape index (κ2) is 7.79. The molecule has 0 aliphatic heterocycles. The van der Waals surface area contributed by atoms with Crippen LogP contribution >= 0.6 is 27.7 Å². The van der Waals surface area contributed by atoms with Crippen LogP contribution in [0.25, 0.3) is 11.4 Å². The standard InChI is InChI=1S/C17H16BrN5OS/c1-11(16(24)20-14-7-5-13(18)6-8-14)25-17-22-21-15(23(17)2)12-4-3-9-19-10-12/h3-11H,1-2H3,(H,20,24). The minimum absolute atomic E-state index is 0.0850. The number of carbonyl (C=O) groups excluding carboxylic acids is 1. The molecule has 3 rings (SSSR count). The van der Waals surface area contributed by atoms with Crippen molar-refractivity contribution in [2.24, 2.45) is 7.05 Å². The van der Waals surface area contributed by atoms with Gasteiger partial charge in [0.25, 0.3) is 0 Å². The van der Waals surface area contributed by atoms with Crippen molar-refractivity contribution < 1.29 is 4.79 Å². The number of nitrogens with one attached hydrogen (secondary N) is 1. The van der Waals surface area contributed by atoms with E-state index in [0.29, 0.717) is 5.16 Å². The lowest BCUT2D eigenvalue weighted by Gasteiger charge is -2.11. The van der Waals surface area contributed by atoms with Crippen molar-refractivity contribution in [2.75, 3.05) is 5.32 Å². The first kappa shape index (κ1) is 17.6. The third-order valence-electron chi connectivity index (χ3n) is 3.52. The molecule has 2 heterocycles. The van der Waals surface area contributed by atoms with Crippen LogP contribution in [0.4, 0.5) is 5.69 Å². The number of benzene rings is 1. The molecule has 0 saturated heterocycles. The number of amides is 1. The van der Waals surface area contributed by atoms with E-state index >= 15 is 0 Å². The average Bonchev–Trinajstić information content (AvgIpc) is 2.98. The van der Waals surface area contributed by atoms with Gasteiger partial charge in [0.05, 0.1) is 5.25 Å². The third kappa shape index (κ3) is 4.26. The number of hydrogen-bond acceptors (Lipinski definition) is 5. The normalized spacial score (nSPS) is 12.0.